The lowest BCUT2D eigenvalue weighted by atomic mass is 10.2. The fourth-order valence-electron chi connectivity index (χ4n) is 2.47. The summed E-state index contributed by atoms with van der Waals surface area (Å²) in [7, 11) is 0. The van der Waals surface area contributed by atoms with Crippen LogP contribution in [0, 0.1) is 0 Å². The summed E-state index contributed by atoms with van der Waals surface area (Å²) in [4.78, 5) is 18.9. The maximum absolute atomic E-state index is 12.8. The highest BCUT2D eigenvalue weighted by Crippen LogP contribution is 2.22. The minimum Gasteiger partial charge on any atom is -0.355 e. The number of hydrogen-bond acceptors (Lipinski definition) is 4. The third-order valence-electron chi connectivity index (χ3n) is 3.61. The Balaban J connectivity index is 1.82. The zero-order valence-corrected chi connectivity index (χ0v) is 13.2. The first-order chi connectivity index (χ1) is 10.8. The van der Waals surface area contributed by atoms with E-state index in [2.05, 4.69) is 10.3 Å². The molecule has 1 aliphatic heterocycles. The van der Waals surface area contributed by atoms with Gasteiger partial charge in [-0.1, -0.05) is 18.2 Å². The number of para-hydroxylation sites is 1. The molecular weight excluding hydrogens is 294 g/mol. The van der Waals surface area contributed by atoms with Crippen LogP contribution in [0.15, 0.2) is 48.8 Å². The Morgan fingerprint density at radius 1 is 1.14 bits per heavy atom. The first-order valence-corrected chi connectivity index (χ1v) is 8.63. The van der Waals surface area contributed by atoms with Gasteiger partial charge in [-0.2, -0.15) is 11.8 Å². The van der Waals surface area contributed by atoms with Crippen LogP contribution in [0.1, 0.15) is 16.8 Å². The van der Waals surface area contributed by atoms with Gasteiger partial charge in [0.15, 0.2) is 0 Å². The number of anilines is 2. The second kappa shape index (κ2) is 7.31. The number of carbonyl (C=O) groups excluding carboxylic acids is 1. The molecule has 1 saturated heterocycles. The van der Waals surface area contributed by atoms with Crippen molar-refractivity contribution in [2.75, 3.05) is 29.9 Å². The molecule has 3 rings (SSSR count). The first-order valence-electron chi connectivity index (χ1n) is 7.48. The SMILES string of the molecule is O=C(c1cnccc1Nc1ccccc1)N1CCCSCC1. The lowest BCUT2D eigenvalue weighted by Gasteiger charge is -2.21. The predicted molar refractivity (Wildman–Crippen MR) is 91.8 cm³/mol. The highest BCUT2D eigenvalue weighted by molar-refractivity contribution is 7.99. The van der Waals surface area contributed by atoms with E-state index in [9.17, 15) is 4.79 Å². The van der Waals surface area contributed by atoms with E-state index in [1.54, 1.807) is 12.4 Å². The lowest BCUT2D eigenvalue weighted by molar-refractivity contribution is 0.0769. The number of carbonyl (C=O) groups is 1. The molecule has 1 fully saturated rings. The number of pyridine rings is 1. The number of benzene rings is 1. The Hall–Kier alpha value is -2.01. The van der Waals surface area contributed by atoms with Crippen LogP contribution in [-0.2, 0) is 0 Å². The molecule has 5 heteroatoms. The molecule has 114 valence electrons. The minimum atomic E-state index is 0.0639. The third kappa shape index (κ3) is 3.60. The van der Waals surface area contributed by atoms with Gasteiger partial charge in [-0.15, -0.1) is 0 Å². The monoisotopic (exact) mass is 313 g/mol. The van der Waals surface area contributed by atoms with Gasteiger partial charge in [0.25, 0.3) is 5.91 Å². The number of hydrogen-bond donors (Lipinski definition) is 1. The van der Waals surface area contributed by atoms with E-state index >= 15 is 0 Å². The van der Waals surface area contributed by atoms with E-state index in [1.807, 2.05) is 53.1 Å². The van der Waals surface area contributed by atoms with Crippen LogP contribution in [0.3, 0.4) is 0 Å². The molecule has 4 nitrogen and oxygen atoms in total. The van der Waals surface area contributed by atoms with E-state index in [4.69, 9.17) is 0 Å². The summed E-state index contributed by atoms with van der Waals surface area (Å²) in [5.74, 6) is 2.20. The standard InChI is InChI=1S/C17H19N3OS/c21-17(20-9-4-11-22-12-10-20)15-13-18-8-7-16(15)19-14-5-2-1-3-6-14/h1-3,5-8,13H,4,9-12H2,(H,18,19). The molecule has 1 N–H and O–H groups in total. The van der Waals surface area contributed by atoms with Crippen molar-refractivity contribution < 1.29 is 4.79 Å². The molecule has 0 atom stereocenters. The second-order valence-electron chi connectivity index (χ2n) is 5.17. The lowest BCUT2D eigenvalue weighted by Crippen LogP contribution is -2.33. The van der Waals surface area contributed by atoms with Crippen molar-refractivity contribution in [2.45, 2.75) is 6.42 Å². The van der Waals surface area contributed by atoms with Gasteiger partial charge in [-0.3, -0.25) is 9.78 Å². The van der Waals surface area contributed by atoms with E-state index in [0.29, 0.717) is 5.56 Å². The van der Waals surface area contributed by atoms with Crippen molar-refractivity contribution in [1.82, 2.24) is 9.88 Å². The van der Waals surface area contributed by atoms with Crippen molar-refractivity contribution in [3.8, 4) is 0 Å². The number of thioether (sulfide) groups is 1. The van der Waals surface area contributed by atoms with Crippen molar-refractivity contribution in [3.63, 3.8) is 0 Å². The Kier molecular flexibility index (Phi) is 4.96. The van der Waals surface area contributed by atoms with Gasteiger partial charge in [0, 0.05) is 36.9 Å². The fraction of sp³-hybridized carbons (Fsp3) is 0.294. The zero-order valence-electron chi connectivity index (χ0n) is 12.4. The number of rotatable bonds is 3. The van der Waals surface area contributed by atoms with Crippen LogP contribution < -0.4 is 5.32 Å². The van der Waals surface area contributed by atoms with Crippen molar-refractivity contribution in [3.05, 3.63) is 54.4 Å². The van der Waals surface area contributed by atoms with E-state index in [-0.39, 0.29) is 5.91 Å². The van der Waals surface area contributed by atoms with E-state index in [1.165, 1.54) is 0 Å². The van der Waals surface area contributed by atoms with Gasteiger partial charge >= 0.3 is 0 Å². The smallest absolute Gasteiger partial charge is 0.257 e. The summed E-state index contributed by atoms with van der Waals surface area (Å²) >= 11 is 1.91. The predicted octanol–water partition coefficient (Wildman–Crippen LogP) is 3.40. The summed E-state index contributed by atoms with van der Waals surface area (Å²) in [6.07, 6.45) is 4.42. The zero-order chi connectivity index (χ0) is 15.2. The van der Waals surface area contributed by atoms with Crippen LogP contribution in [-0.4, -0.2) is 40.4 Å². The molecule has 1 aromatic carbocycles. The maximum Gasteiger partial charge on any atom is 0.257 e. The van der Waals surface area contributed by atoms with Gasteiger partial charge in [0.1, 0.15) is 0 Å². The summed E-state index contributed by atoms with van der Waals surface area (Å²) in [6.45, 7) is 1.63. The van der Waals surface area contributed by atoms with E-state index < -0.39 is 0 Å². The molecule has 0 aliphatic carbocycles. The van der Waals surface area contributed by atoms with Gasteiger partial charge in [0.2, 0.25) is 0 Å². The number of nitrogens with one attached hydrogen (secondary N) is 1. The Bertz CT molecular complexity index is 625. The van der Waals surface area contributed by atoms with Crippen molar-refractivity contribution in [2.24, 2.45) is 0 Å². The summed E-state index contributed by atoms with van der Waals surface area (Å²) in [6, 6.07) is 11.7. The molecule has 0 spiro atoms. The van der Waals surface area contributed by atoms with Crippen LogP contribution in [0.2, 0.25) is 0 Å². The molecular formula is C17H19N3OS. The summed E-state index contributed by atoms with van der Waals surface area (Å²) in [5.41, 5.74) is 2.41. The molecule has 1 aromatic heterocycles. The number of nitrogens with zero attached hydrogens (tertiary/aromatic N) is 2. The highest BCUT2D eigenvalue weighted by Gasteiger charge is 2.20. The Morgan fingerprint density at radius 3 is 2.86 bits per heavy atom. The molecule has 0 unspecified atom stereocenters. The third-order valence-corrected chi connectivity index (χ3v) is 4.66. The second-order valence-corrected chi connectivity index (χ2v) is 6.40. The van der Waals surface area contributed by atoms with Crippen molar-refractivity contribution in [1.29, 1.82) is 0 Å². The van der Waals surface area contributed by atoms with Gasteiger partial charge < -0.3 is 10.2 Å². The number of aromatic nitrogens is 1. The van der Waals surface area contributed by atoms with Gasteiger partial charge in [-0.05, 0) is 30.4 Å². The average molecular weight is 313 g/mol. The number of amides is 1. The van der Waals surface area contributed by atoms with Gasteiger partial charge in [0.05, 0.1) is 11.3 Å². The molecule has 2 aromatic rings. The molecule has 0 radical (unpaired) electrons. The largest absolute Gasteiger partial charge is 0.355 e. The molecule has 0 saturated carbocycles. The van der Waals surface area contributed by atoms with Crippen LogP contribution in [0.25, 0.3) is 0 Å². The fourth-order valence-corrected chi connectivity index (χ4v) is 3.36. The van der Waals surface area contributed by atoms with Crippen LogP contribution in [0.4, 0.5) is 11.4 Å². The molecule has 2 heterocycles. The summed E-state index contributed by atoms with van der Waals surface area (Å²) in [5, 5.41) is 3.32. The maximum atomic E-state index is 12.8. The first kappa shape index (κ1) is 14.9. The normalized spacial score (nSPS) is 15.2. The quantitative estimate of drug-likeness (QED) is 0.943. The Labute approximate surface area is 134 Å². The Morgan fingerprint density at radius 2 is 2.00 bits per heavy atom. The van der Waals surface area contributed by atoms with Crippen LogP contribution in [0.5, 0.6) is 0 Å². The van der Waals surface area contributed by atoms with Gasteiger partial charge in [-0.25, -0.2) is 0 Å². The molecule has 22 heavy (non-hydrogen) atoms. The minimum absolute atomic E-state index is 0.0639. The molecule has 1 aliphatic rings. The van der Waals surface area contributed by atoms with Crippen molar-refractivity contribution >= 4 is 29.0 Å². The van der Waals surface area contributed by atoms with E-state index in [0.717, 1.165) is 42.4 Å². The molecule has 1 amide bonds. The average Bonchev–Trinajstić information content (AvgIpc) is 2.85. The summed E-state index contributed by atoms with van der Waals surface area (Å²) < 4.78 is 0. The molecule has 0 bridgehead atoms. The highest BCUT2D eigenvalue weighted by atomic mass is 32.2. The topological polar surface area (TPSA) is 45.2 Å². The van der Waals surface area contributed by atoms with Crippen LogP contribution >= 0.6 is 11.8 Å².